The van der Waals surface area contributed by atoms with Crippen LogP contribution in [0.5, 0.6) is 0 Å². The van der Waals surface area contributed by atoms with Crippen LogP contribution in [-0.2, 0) is 4.79 Å². The number of hydrogen-bond acceptors (Lipinski definition) is 2. The molecule has 0 saturated heterocycles. The molecule has 4 heteroatoms. The zero-order valence-corrected chi connectivity index (χ0v) is 11.1. The third-order valence-electron chi connectivity index (χ3n) is 2.13. The Balaban J connectivity index is 4.17. The van der Waals surface area contributed by atoms with Gasteiger partial charge in [-0.15, -0.1) is 0 Å². The van der Waals surface area contributed by atoms with Crippen molar-refractivity contribution in [1.29, 1.82) is 0 Å². The molecule has 1 amide bonds. The topological polar surface area (TPSA) is 55.1 Å². The molecule has 0 aromatic heterocycles. The van der Waals surface area contributed by atoms with Crippen LogP contribution in [0.25, 0.3) is 0 Å². The molecule has 14 heavy (non-hydrogen) atoms. The van der Waals surface area contributed by atoms with Crippen molar-refractivity contribution in [3.05, 3.63) is 11.1 Å². The van der Waals surface area contributed by atoms with Crippen LogP contribution in [0.4, 0.5) is 0 Å². The van der Waals surface area contributed by atoms with Crippen LogP contribution < -0.4 is 11.1 Å². The van der Waals surface area contributed by atoms with Crippen molar-refractivity contribution in [1.82, 2.24) is 5.32 Å². The summed E-state index contributed by atoms with van der Waals surface area (Å²) in [6, 6.07) is 0. The number of amides is 1. The molecule has 0 fully saturated rings. The maximum atomic E-state index is 11.1. The predicted octanol–water partition coefficient (Wildman–Crippen LogP) is 1.61. The third-order valence-corrected chi connectivity index (χ3v) is 2.67. The van der Waals surface area contributed by atoms with Crippen LogP contribution in [0.1, 0.15) is 26.7 Å². The van der Waals surface area contributed by atoms with Gasteiger partial charge in [0, 0.05) is 23.9 Å². The van der Waals surface area contributed by atoms with Crippen molar-refractivity contribution < 1.29 is 4.79 Å². The van der Waals surface area contributed by atoms with Gasteiger partial charge in [-0.2, -0.15) is 0 Å². The van der Waals surface area contributed by atoms with E-state index < -0.39 is 0 Å². The fourth-order valence-corrected chi connectivity index (χ4v) is 1.69. The molecule has 3 N–H and O–H groups in total. The quantitative estimate of drug-likeness (QED) is 0.445. The van der Waals surface area contributed by atoms with E-state index in [9.17, 15) is 4.79 Å². The van der Waals surface area contributed by atoms with E-state index in [-0.39, 0.29) is 5.91 Å². The van der Waals surface area contributed by atoms with E-state index in [0.717, 1.165) is 10.8 Å². The van der Waals surface area contributed by atoms with E-state index in [4.69, 9.17) is 5.73 Å². The standard InChI is InChI=1S/C10H19IN2O/c1-3-10(14)13-7-9(4-5-11)8(2)6-12/h3-7,12H2,1-2H3,(H,13,14)/b9-8-. The van der Waals surface area contributed by atoms with Gasteiger partial charge in [-0.3, -0.25) is 4.79 Å². The lowest BCUT2D eigenvalue weighted by Crippen LogP contribution is -2.25. The zero-order chi connectivity index (χ0) is 11.0. The van der Waals surface area contributed by atoms with E-state index in [2.05, 4.69) is 27.9 Å². The minimum absolute atomic E-state index is 0.0979. The first kappa shape index (κ1) is 13.9. The van der Waals surface area contributed by atoms with Gasteiger partial charge in [0.25, 0.3) is 0 Å². The second-order valence-corrected chi connectivity index (χ2v) is 4.24. The molecule has 0 aromatic carbocycles. The Labute approximate surface area is 99.6 Å². The molecule has 0 rings (SSSR count). The first-order valence-corrected chi connectivity index (χ1v) is 6.38. The molecular formula is C10H19IN2O. The van der Waals surface area contributed by atoms with E-state index in [1.165, 1.54) is 11.1 Å². The lowest BCUT2D eigenvalue weighted by molar-refractivity contribution is -0.120. The smallest absolute Gasteiger partial charge is 0.219 e. The lowest BCUT2D eigenvalue weighted by atomic mass is 10.1. The molecule has 3 nitrogen and oxygen atoms in total. The van der Waals surface area contributed by atoms with Crippen LogP contribution in [0.15, 0.2) is 11.1 Å². The van der Waals surface area contributed by atoms with Crippen LogP contribution in [0.2, 0.25) is 0 Å². The summed E-state index contributed by atoms with van der Waals surface area (Å²) < 4.78 is 1.06. The minimum Gasteiger partial charge on any atom is -0.352 e. The molecule has 82 valence electrons. The number of nitrogens with one attached hydrogen (secondary N) is 1. The Morgan fingerprint density at radius 3 is 2.57 bits per heavy atom. The molecule has 0 aliphatic rings. The van der Waals surface area contributed by atoms with Crippen LogP contribution in [0.3, 0.4) is 0 Å². The van der Waals surface area contributed by atoms with Crippen LogP contribution in [-0.4, -0.2) is 23.4 Å². The van der Waals surface area contributed by atoms with Gasteiger partial charge in [-0.05, 0) is 13.3 Å². The van der Waals surface area contributed by atoms with E-state index >= 15 is 0 Å². The molecule has 0 aromatic rings. The summed E-state index contributed by atoms with van der Waals surface area (Å²) in [5.74, 6) is 0.0979. The molecule has 0 radical (unpaired) electrons. The lowest BCUT2D eigenvalue weighted by Gasteiger charge is -2.11. The highest BCUT2D eigenvalue weighted by Crippen LogP contribution is 2.08. The number of halogens is 1. The fourth-order valence-electron chi connectivity index (χ4n) is 1.04. The van der Waals surface area contributed by atoms with Crippen molar-refractivity contribution in [3.8, 4) is 0 Å². The van der Waals surface area contributed by atoms with Gasteiger partial charge in [-0.25, -0.2) is 0 Å². The first-order chi connectivity index (χ1) is 6.65. The van der Waals surface area contributed by atoms with Crippen molar-refractivity contribution >= 4 is 28.5 Å². The number of hydrogen-bond donors (Lipinski definition) is 2. The van der Waals surface area contributed by atoms with Crippen molar-refractivity contribution in [2.24, 2.45) is 5.73 Å². The summed E-state index contributed by atoms with van der Waals surface area (Å²) in [7, 11) is 0. The highest BCUT2D eigenvalue weighted by atomic mass is 127. The maximum Gasteiger partial charge on any atom is 0.219 e. The molecule has 0 aliphatic carbocycles. The second kappa shape index (κ2) is 8.23. The summed E-state index contributed by atoms with van der Waals surface area (Å²) in [5, 5.41) is 2.88. The van der Waals surface area contributed by atoms with Gasteiger partial charge >= 0.3 is 0 Å². The van der Waals surface area contributed by atoms with Gasteiger partial charge in [0.05, 0.1) is 0 Å². The van der Waals surface area contributed by atoms with Crippen LogP contribution in [0, 0.1) is 0 Å². The summed E-state index contributed by atoms with van der Waals surface area (Å²) in [6.45, 7) is 5.11. The molecule has 0 aliphatic heterocycles. The highest BCUT2D eigenvalue weighted by molar-refractivity contribution is 14.1. The Kier molecular flexibility index (Phi) is 8.17. The predicted molar refractivity (Wildman–Crippen MR) is 68.6 cm³/mol. The Bertz CT molecular complexity index is 214. The molecule has 0 spiro atoms. The van der Waals surface area contributed by atoms with E-state index in [1.807, 2.05) is 13.8 Å². The second-order valence-electron chi connectivity index (χ2n) is 3.16. The Morgan fingerprint density at radius 1 is 1.50 bits per heavy atom. The van der Waals surface area contributed by atoms with Gasteiger partial charge in [0.1, 0.15) is 0 Å². The average Bonchev–Trinajstić information content (AvgIpc) is 2.22. The normalized spacial score (nSPS) is 12.3. The number of carbonyl (C=O) groups is 1. The Hall–Kier alpha value is -0.100. The fraction of sp³-hybridized carbons (Fsp3) is 0.700. The molecule has 0 unspecified atom stereocenters. The van der Waals surface area contributed by atoms with Crippen molar-refractivity contribution in [3.63, 3.8) is 0 Å². The zero-order valence-electron chi connectivity index (χ0n) is 8.90. The number of nitrogens with two attached hydrogens (primary N) is 1. The van der Waals surface area contributed by atoms with Crippen molar-refractivity contribution in [2.45, 2.75) is 26.7 Å². The number of carbonyl (C=O) groups excluding carboxylic acids is 1. The molecule has 0 saturated carbocycles. The van der Waals surface area contributed by atoms with Crippen LogP contribution >= 0.6 is 22.6 Å². The van der Waals surface area contributed by atoms with Crippen molar-refractivity contribution in [2.75, 3.05) is 17.5 Å². The minimum atomic E-state index is 0.0979. The Morgan fingerprint density at radius 2 is 2.14 bits per heavy atom. The SMILES string of the molecule is CCC(=O)NC/C(CCI)=C(/C)CN. The molecular weight excluding hydrogens is 291 g/mol. The van der Waals surface area contributed by atoms with Gasteiger partial charge in [0.15, 0.2) is 0 Å². The maximum absolute atomic E-state index is 11.1. The van der Waals surface area contributed by atoms with E-state index in [1.54, 1.807) is 0 Å². The average molecular weight is 310 g/mol. The summed E-state index contributed by atoms with van der Waals surface area (Å²) >= 11 is 2.33. The first-order valence-electron chi connectivity index (χ1n) is 4.85. The summed E-state index contributed by atoms with van der Waals surface area (Å²) in [4.78, 5) is 11.1. The summed E-state index contributed by atoms with van der Waals surface area (Å²) in [5.41, 5.74) is 8.03. The number of alkyl halides is 1. The van der Waals surface area contributed by atoms with Gasteiger partial charge in [-0.1, -0.05) is 40.7 Å². The highest BCUT2D eigenvalue weighted by Gasteiger charge is 2.03. The molecule has 0 bridgehead atoms. The monoisotopic (exact) mass is 310 g/mol. The third kappa shape index (κ3) is 5.59. The largest absolute Gasteiger partial charge is 0.352 e. The molecule has 0 heterocycles. The van der Waals surface area contributed by atoms with Gasteiger partial charge in [0.2, 0.25) is 5.91 Å². The summed E-state index contributed by atoms with van der Waals surface area (Å²) in [6.07, 6.45) is 1.55. The van der Waals surface area contributed by atoms with E-state index in [0.29, 0.717) is 19.5 Å². The van der Waals surface area contributed by atoms with Gasteiger partial charge < -0.3 is 11.1 Å². The molecule has 0 atom stereocenters. The number of rotatable bonds is 6.